The first kappa shape index (κ1) is 12.9. The SMILES string of the molecule is FC(F)(F)c1cc(-c2ccc3c(c2)OCO3)c2nonc2c1. The molecule has 5 nitrogen and oxygen atoms in total. The summed E-state index contributed by atoms with van der Waals surface area (Å²) in [5.74, 6) is 1.02. The van der Waals surface area contributed by atoms with Gasteiger partial charge in [0.25, 0.3) is 0 Å². The first-order chi connectivity index (χ1) is 10.5. The van der Waals surface area contributed by atoms with Crippen molar-refractivity contribution in [3.8, 4) is 22.6 Å². The lowest BCUT2D eigenvalue weighted by atomic mass is 10.0. The van der Waals surface area contributed by atoms with Crippen LogP contribution in [0.5, 0.6) is 11.5 Å². The number of halogens is 3. The van der Waals surface area contributed by atoms with Crippen LogP contribution in [0.2, 0.25) is 0 Å². The summed E-state index contributed by atoms with van der Waals surface area (Å²) in [4.78, 5) is 0. The summed E-state index contributed by atoms with van der Waals surface area (Å²) in [6.45, 7) is 0.0856. The molecule has 0 N–H and O–H groups in total. The Labute approximate surface area is 121 Å². The molecule has 1 aromatic heterocycles. The highest BCUT2D eigenvalue weighted by molar-refractivity contribution is 5.92. The van der Waals surface area contributed by atoms with Gasteiger partial charge in [-0.2, -0.15) is 13.2 Å². The molecule has 0 spiro atoms. The Morgan fingerprint density at radius 2 is 1.77 bits per heavy atom. The van der Waals surface area contributed by atoms with Gasteiger partial charge in [-0.3, -0.25) is 0 Å². The number of ether oxygens (including phenoxy) is 2. The summed E-state index contributed by atoms with van der Waals surface area (Å²) < 4.78 is 54.0. The van der Waals surface area contributed by atoms with Crippen molar-refractivity contribution in [1.29, 1.82) is 0 Å². The van der Waals surface area contributed by atoms with Crippen LogP contribution in [0.15, 0.2) is 35.0 Å². The van der Waals surface area contributed by atoms with Crippen LogP contribution in [0.1, 0.15) is 5.56 Å². The van der Waals surface area contributed by atoms with Crippen molar-refractivity contribution in [2.45, 2.75) is 6.18 Å². The Bertz CT molecular complexity index is 873. The molecule has 8 heteroatoms. The maximum Gasteiger partial charge on any atom is 0.416 e. The fourth-order valence-corrected chi connectivity index (χ4v) is 2.34. The van der Waals surface area contributed by atoms with E-state index in [0.717, 1.165) is 12.1 Å². The van der Waals surface area contributed by atoms with Crippen molar-refractivity contribution in [3.05, 3.63) is 35.9 Å². The minimum absolute atomic E-state index is 0.0440. The third-order valence-corrected chi connectivity index (χ3v) is 3.37. The summed E-state index contributed by atoms with van der Waals surface area (Å²) in [6.07, 6.45) is -4.49. The molecule has 0 unspecified atom stereocenters. The molecule has 0 atom stereocenters. The van der Waals surface area contributed by atoms with Crippen LogP contribution >= 0.6 is 0 Å². The van der Waals surface area contributed by atoms with Gasteiger partial charge in [0.05, 0.1) is 5.56 Å². The normalized spacial score (nSPS) is 13.8. The Kier molecular flexibility index (Phi) is 2.56. The molecular weight excluding hydrogens is 301 g/mol. The zero-order valence-electron chi connectivity index (χ0n) is 10.8. The second-order valence-electron chi connectivity index (χ2n) is 4.72. The highest BCUT2D eigenvalue weighted by atomic mass is 19.4. The molecule has 0 fully saturated rings. The van der Waals surface area contributed by atoms with Gasteiger partial charge in [0, 0.05) is 5.56 Å². The molecule has 0 aliphatic carbocycles. The second-order valence-corrected chi connectivity index (χ2v) is 4.72. The first-order valence-corrected chi connectivity index (χ1v) is 6.26. The molecule has 1 aliphatic heterocycles. The highest BCUT2D eigenvalue weighted by Gasteiger charge is 2.32. The van der Waals surface area contributed by atoms with Crippen molar-refractivity contribution < 1.29 is 27.3 Å². The quantitative estimate of drug-likeness (QED) is 0.687. The molecule has 2 aromatic carbocycles. The molecule has 1 aliphatic rings. The number of fused-ring (bicyclic) bond motifs is 2. The summed E-state index contributed by atoms with van der Waals surface area (Å²) in [7, 11) is 0. The van der Waals surface area contributed by atoms with Gasteiger partial charge in [-0.05, 0) is 40.1 Å². The van der Waals surface area contributed by atoms with Gasteiger partial charge in [-0.25, -0.2) is 4.63 Å². The van der Waals surface area contributed by atoms with E-state index in [4.69, 9.17) is 9.47 Å². The minimum atomic E-state index is -4.49. The Balaban J connectivity index is 1.95. The molecule has 4 rings (SSSR count). The third-order valence-electron chi connectivity index (χ3n) is 3.37. The van der Waals surface area contributed by atoms with Crippen molar-refractivity contribution in [2.24, 2.45) is 0 Å². The van der Waals surface area contributed by atoms with Crippen molar-refractivity contribution in [1.82, 2.24) is 10.3 Å². The lowest BCUT2D eigenvalue weighted by Gasteiger charge is -2.09. The number of rotatable bonds is 1. The molecule has 3 aromatic rings. The Morgan fingerprint density at radius 3 is 2.59 bits per heavy atom. The van der Waals surface area contributed by atoms with Gasteiger partial charge in [0.2, 0.25) is 6.79 Å². The van der Waals surface area contributed by atoms with Crippen LogP contribution in [-0.2, 0) is 6.18 Å². The largest absolute Gasteiger partial charge is 0.454 e. The van der Waals surface area contributed by atoms with Crippen molar-refractivity contribution in [2.75, 3.05) is 6.79 Å². The summed E-state index contributed by atoms with van der Waals surface area (Å²) in [5.41, 5.74) is 0.262. The first-order valence-electron chi connectivity index (χ1n) is 6.26. The lowest BCUT2D eigenvalue weighted by Crippen LogP contribution is -2.05. The summed E-state index contributed by atoms with van der Waals surface area (Å²) in [6, 6.07) is 6.80. The van der Waals surface area contributed by atoms with E-state index in [9.17, 15) is 13.2 Å². The van der Waals surface area contributed by atoms with Gasteiger partial charge in [0.1, 0.15) is 11.0 Å². The number of aromatic nitrogens is 2. The van der Waals surface area contributed by atoms with E-state index in [2.05, 4.69) is 14.9 Å². The monoisotopic (exact) mass is 308 g/mol. The van der Waals surface area contributed by atoms with Crippen LogP contribution in [0.3, 0.4) is 0 Å². The fraction of sp³-hybridized carbons (Fsp3) is 0.143. The van der Waals surface area contributed by atoms with E-state index in [1.807, 2.05) is 0 Å². The van der Waals surface area contributed by atoms with Gasteiger partial charge in [-0.15, -0.1) is 0 Å². The van der Waals surface area contributed by atoms with Crippen molar-refractivity contribution in [3.63, 3.8) is 0 Å². The molecule has 0 amide bonds. The fourth-order valence-electron chi connectivity index (χ4n) is 2.34. The Morgan fingerprint density at radius 1 is 0.955 bits per heavy atom. The second kappa shape index (κ2) is 4.36. The van der Waals surface area contributed by atoms with Crippen LogP contribution in [-0.4, -0.2) is 17.1 Å². The van der Waals surface area contributed by atoms with Crippen LogP contribution < -0.4 is 9.47 Å². The average molecular weight is 308 g/mol. The zero-order valence-corrected chi connectivity index (χ0v) is 10.8. The van der Waals surface area contributed by atoms with E-state index in [1.54, 1.807) is 18.2 Å². The van der Waals surface area contributed by atoms with Gasteiger partial charge >= 0.3 is 6.18 Å². The standard InChI is InChI=1S/C14H7F3N2O3/c15-14(16,17)8-4-9(13-10(5-8)18-22-19-13)7-1-2-11-12(3-7)21-6-20-11/h1-5H,6H2. The smallest absolute Gasteiger partial charge is 0.416 e. The average Bonchev–Trinajstić information content (AvgIpc) is 3.13. The lowest BCUT2D eigenvalue weighted by molar-refractivity contribution is -0.137. The predicted octanol–water partition coefficient (Wildman–Crippen LogP) is 3.64. The van der Waals surface area contributed by atoms with Gasteiger partial charge in [0.15, 0.2) is 11.5 Å². The maximum atomic E-state index is 13.0. The molecule has 2 heterocycles. The van der Waals surface area contributed by atoms with E-state index in [1.165, 1.54) is 0 Å². The van der Waals surface area contributed by atoms with Gasteiger partial charge < -0.3 is 9.47 Å². The molecule has 0 bridgehead atoms. The topological polar surface area (TPSA) is 57.4 Å². The third kappa shape index (κ3) is 1.95. The number of hydrogen-bond donors (Lipinski definition) is 0. The predicted molar refractivity (Wildman–Crippen MR) is 68.4 cm³/mol. The number of nitrogens with zero attached hydrogens (tertiary/aromatic N) is 2. The van der Waals surface area contributed by atoms with Gasteiger partial charge in [-0.1, -0.05) is 6.07 Å². The Hall–Kier alpha value is -2.77. The van der Waals surface area contributed by atoms with Crippen molar-refractivity contribution >= 4 is 11.0 Å². The molecule has 112 valence electrons. The number of benzene rings is 2. The summed E-state index contributed by atoms with van der Waals surface area (Å²) in [5, 5.41) is 7.20. The molecule has 22 heavy (non-hydrogen) atoms. The minimum Gasteiger partial charge on any atom is -0.454 e. The molecule has 0 saturated carbocycles. The molecular formula is C14H7F3N2O3. The highest BCUT2D eigenvalue weighted by Crippen LogP contribution is 2.40. The maximum absolute atomic E-state index is 13.0. The van der Waals surface area contributed by atoms with E-state index in [0.29, 0.717) is 17.1 Å². The zero-order chi connectivity index (χ0) is 15.3. The molecule has 0 saturated heterocycles. The van der Waals surface area contributed by atoms with E-state index >= 15 is 0 Å². The molecule has 0 radical (unpaired) electrons. The van der Waals surface area contributed by atoms with Crippen LogP contribution in [0.25, 0.3) is 22.2 Å². The van der Waals surface area contributed by atoms with Crippen LogP contribution in [0, 0.1) is 0 Å². The van der Waals surface area contributed by atoms with E-state index < -0.39 is 11.7 Å². The number of hydrogen-bond acceptors (Lipinski definition) is 5. The van der Waals surface area contributed by atoms with Crippen LogP contribution in [0.4, 0.5) is 13.2 Å². The summed E-state index contributed by atoms with van der Waals surface area (Å²) >= 11 is 0. The number of alkyl halides is 3. The van der Waals surface area contributed by atoms with E-state index in [-0.39, 0.29) is 23.4 Å².